The molecule has 2 aliphatic heterocycles. The van der Waals surface area contributed by atoms with Crippen LogP contribution < -0.4 is 15.0 Å². The van der Waals surface area contributed by atoms with E-state index in [1.54, 1.807) is 11.1 Å². The number of aryl methyl sites for hydroxylation is 1. The highest BCUT2D eigenvalue weighted by Gasteiger charge is 2.55. The Morgan fingerprint density at radius 3 is 2.73 bits per heavy atom. The Bertz CT molecular complexity index is 1430. The maximum atomic E-state index is 14.9. The molecule has 3 aromatic rings. The van der Waals surface area contributed by atoms with Gasteiger partial charge in [-0.2, -0.15) is 5.10 Å². The predicted octanol–water partition coefficient (Wildman–Crippen LogP) is 3.05. The molecular formula is C28H31F2N7O3. The van der Waals surface area contributed by atoms with Gasteiger partial charge in [-0.25, -0.2) is 13.8 Å². The summed E-state index contributed by atoms with van der Waals surface area (Å²) in [6.07, 6.45) is 4.19. The molecule has 2 saturated heterocycles. The van der Waals surface area contributed by atoms with Crippen molar-refractivity contribution in [2.75, 3.05) is 31.6 Å². The summed E-state index contributed by atoms with van der Waals surface area (Å²) in [6.45, 7) is 2.88. The van der Waals surface area contributed by atoms with Gasteiger partial charge in [0.05, 0.1) is 43.5 Å². The van der Waals surface area contributed by atoms with Gasteiger partial charge in [0, 0.05) is 41.9 Å². The van der Waals surface area contributed by atoms with Gasteiger partial charge in [-0.1, -0.05) is 0 Å². The average molecular weight is 552 g/mol. The molecule has 6 rings (SSSR count). The average Bonchev–Trinajstić information content (AvgIpc) is 3.36. The monoisotopic (exact) mass is 551 g/mol. The molecule has 5 heterocycles. The van der Waals surface area contributed by atoms with E-state index in [2.05, 4.69) is 25.5 Å². The van der Waals surface area contributed by atoms with Crippen LogP contribution in [0.5, 0.6) is 5.88 Å². The summed E-state index contributed by atoms with van der Waals surface area (Å²) >= 11 is 0. The number of nitrogens with one attached hydrogen (secondary N) is 2. The van der Waals surface area contributed by atoms with E-state index in [9.17, 15) is 18.4 Å². The van der Waals surface area contributed by atoms with Crippen LogP contribution in [0.2, 0.25) is 0 Å². The number of methoxy groups -OCH3 is 1. The van der Waals surface area contributed by atoms with Crippen LogP contribution in [-0.2, 0) is 4.79 Å². The van der Waals surface area contributed by atoms with Gasteiger partial charge in [-0.15, -0.1) is 0 Å². The van der Waals surface area contributed by atoms with Crippen LogP contribution in [0.1, 0.15) is 41.9 Å². The largest absolute Gasteiger partial charge is 0.481 e. The zero-order chi connectivity index (χ0) is 28.0. The molecule has 3 atom stereocenters. The molecule has 2 amide bonds. The lowest BCUT2D eigenvalue weighted by Crippen LogP contribution is -2.52. The van der Waals surface area contributed by atoms with Gasteiger partial charge in [-0.05, 0) is 50.8 Å². The number of ether oxygens (including phenoxy) is 1. The summed E-state index contributed by atoms with van der Waals surface area (Å²) in [5.41, 5.74) is 2.01. The highest BCUT2D eigenvalue weighted by Crippen LogP contribution is 2.50. The zero-order valence-corrected chi connectivity index (χ0v) is 22.4. The molecule has 2 N–H and O–H groups in total. The molecule has 1 aliphatic carbocycles. The SMILES string of the molecule is COc1cc(-c2cc(C(=O)N3CCC(C(=O)N[C@H]4CN(c5ccc(C)nc5)C[C@@H]4F)CC34CC4)[nH]n2)c(F)cn1. The maximum Gasteiger partial charge on any atom is 0.272 e. The molecule has 3 aliphatic rings. The van der Waals surface area contributed by atoms with Crippen LogP contribution in [0.25, 0.3) is 11.3 Å². The van der Waals surface area contributed by atoms with Gasteiger partial charge >= 0.3 is 0 Å². The molecule has 0 aromatic carbocycles. The van der Waals surface area contributed by atoms with E-state index in [-0.39, 0.29) is 47.1 Å². The molecule has 12 heteroatoms. The highest BCUT2D eigenvalue weighted by molar-refractivity contribution is 5.94. The Kier molecular flexibility index (Phi) is 6.63. The number of carbonyl (C=O) groups excluding carboxylic acids is 2. The van der Waals surface area contributed by atoms with Gasteiger partial charge in [-0.3, -0.25) is 19.7 Å². The zero-order valence-electron chi connectivity index (χ0n) is 22.4. The lowest BCUT2D eigenvalue weighted by atomic mass is 9.87. The van der Waals surface area contributed by atoms with Crippen molar-refractivity contribution in [2.45, 2.75) is 50.4 Å². The standard InChI is InChI=1S/C28H31F2N7O3/c1-16-3-4-18(12-31-16)36-14-21(30)24(15-36)33-26(38)17-5-8-37(28(11-17)6-7-28)27(39)23-10-22(34-35-23)19-9-25(40-2)32-13-20(19)29/h3-4,9-10,12-13,17,21,24H,5-8,11,14-15H2,1-2H3,(H,33,38)(H,34,35)/t17?,21-,24-/m0/s1. The van der Waals surface area contributed by atoms with Crippen molar-refractivity contribution in [3.8, 4) is 17.1 Å². The van der Waals surface area contributed by atoms with E-state index >= 15 is 0 Å². The Labute approximate surface area is 230 Å². The van der Waals surface area contributed by atoms with Gasteiger partial charge in [0.25, 0.3) is 5.91 Å². The van der Waals surface area contributed by atoms with E-state index in [0.29, 0.717) is 25.9 Å². The van der Waals surface area contributed by atoms with Crippen molar-refractivity contribution in [3.05, 3.63) is 53.9 Å². The Hall–Kier alpha value is -4.09. The quantitative estimate of drug-likeness (QED) is 0.484. The van der Waals surface area contributed by atoms with E-state index < -0.39 is 23.6 Å². The third-order valence-electron chi connectivity index (χ3n) is 8.30. The first-order valence-corrected chi connectivity index (χ1v) is 13.5. The maximum absolute atomic E-state index is 14.9. The number of anilines is 1. The van der Waals surface area contributed by atoms with E-state index in [4.69, 9.17) is 4.74 Å². The number of amides is 2. The Morgan fingerprint density at radius 2 is 2.00 bits per heavy atom. The first-order valence-electron chi connectivity index (χ1n) is 13.5. The lowest BCUT2D eigenvalue weighted by molar-refractivity contribution is -0.128. The first-order chi connectivity index (χ1) is 19.3. The van der Waals surface area contributed by atoms with Crippen LogP contribution >= 0.6 is 0 Å². The van der Waals surface area contributed by atoms with E-state index in [1.165, 1.54) is 19.2 Å². The van der Waals surface area contributed by atoms with Gasteiger partial charge in [0.2, 0.25) is 11.8 Å². The minimum atomic E-state index is -1.18. The number of likely N-dealkylation sites (tertiary alicyclic amines) is 1. The van der Waals surface area contributed by atoms with Crippen molar-refractivity contribution in [3.63, 3.8) is 0 Å². The van der Waals surface area contributed by atoms with Crippen molar-refractivity contribution in [2.24, 2.45) is 5.92 Å². The van der Waals surface area contributed by atoms with Crippen LogP contribution in [-0.4, -0.2) is 81.4 Å². The van der Waals surface area contributed by atoms with Gasteiger partial charge in [0.1, 0.15) is 11.9 Å². The summed E-state index contributed by atoms with van der Waals surface area (Å²) < 4.78 is 34.3. The van der Waals surface area contributed by atoms with E-state index in [1.807, 2.05) is 24.0 Å². The third kappa shape index (κ3) is 4.86. The Morgan fingerprint density at radius 1 is 1.18 bits per heavy atom. The topological polar surface area (TPSA) is 116 Å². The number of H-pyrrole nitrogens is 1. The fourth-order valence-corrected chi connectivity index (χ4v) is 5.85. The predicted molar refractivity (Wildman–Crippen MR) is 142 cm³/mol. The molecule has 210 valence electrons. The first kappa shape index (κ1) is 26.1. The number of piperidine rings is 1. The lowest BCUT2D eigenvalue weighted by Gasteiger charge is -2.39. The number of carbonyl (C=O) groups is 2. The fraction of sp³-hybridized carbons (Fsp3) is 0.464. The van der Waals surface area contributed by atoms with Crippen LogP contribution in [0.4, 0.5) is 14.5 Å². The number of hydrogen-bond acceptors (Lipinski definition) is 7. The second kappa shape index (κ2) is 10.1. The number of nitrogens with zero attached hydrogens (tertiary/aromatic N) is 5. The minimum absolute atomic E-state index is 0.166. The summed E-state index contributed by atoms with van der Waals surface area (Å²) in [7, 11) is 1.43. The highest BCUT2D eigenvalue weighted by atomic mass is 19.1. The minimum Gasteiger partial charge on any atom is -0.481 e. The van der Waals surface area contributed by atoms with Gasteiger partial charge in [0.15, 0.2) is 5.82 Å². The molecule has 40 heavy (non-hydrogen) atoms. The number of pyridine rings is 2. The molecule has 0 radical (unpaired) electrons. The summed E-state index contributed by atoms with van der Waals surface area (Å²) in [4.78, 5) is 38.5. The number of aromatic amines is 1. The van der Waals surface area contributed by atoms with Crippen LogP contribution in [0.3, 0.4) is 0 Å². The second-order valence-corrected chi connectivity index (χ2v) is 10.9. The van der Waals surface area contributed by atoms with Crippen LogP contribution in [0, 0.1) is 18.7 Å². The fourth-order valence-electron chi connectivity index (χ4n) is 5.85. The third-order valence-corrected chi connectivity index (χ3v) is 8.30. The molecule has 10 nitrogen and oxygen atoms in total. The van der Waals surface area contributed by atoms with Crippen molar-refractivity contribution in [1.82, 2.24) is 30.4 Å². The number of aromatic nitrogens is 4. The van der Waals surface area contributed by atoms with Crippen LogP contribution in [0.15, 0.2) is 36.7 Å². The second-order valence-electron chi connectivity index (χ2n) is 10.9. The number of halogens is 2. The molecule has 3 aromatic heterocycles. The van der Waals surface area contributed by atoms with Crippen molar-refractivity contribution < 1.29 is 23.1 Å². The van der Waals surface area contributed by atoms with Gasteiger partial charge < -0.3 is 19.9 Å². The molecule has 3 fully saturated rings. The molecule has 1 saturated carbocycles. The molecule has 1 unspecified atom stereocenters. The molecular weight excluding hydrogens is 520 g/mol. The smallest absolute Gasteiger partial charge is 0.272 e. The molecule has 1 spiro atoms. The summed E-state index contributed by atoms with van der Waals surface area (Å²) in [5.74, 6) is -1.04. The normalized spacial score (nSPS) is 23.4. The molecule has 0 bridgehead atoms. The number of alkyl halides is 1. The Balaban J connectivity index is 1.09. The van der Waals surface area contributed by atoms with Crippen molar-refractivity contribution >= 4 is 17.5 Å². The summed E-state index contributed by atoms with van der Waals surface area (Å²) in [6, 6.07) is 6.15. The number of rotatable bonds is 6. The van der Waals surface area contributed by atoms with E-state index in [0.717, 1.165) is 30.4 Å². The summed E-state index contributed by atoms with van der Waals surface area (Å²) in [5, 5.41) is 9.82. The van der Waals surface area contributed by atoms with Crippen molar-refractivity contribution in [1.29, 1.82) is 0 Å². The number of hydrogen-bond donors (Lipinski definition) is 2.